The van der Waals surface area contributed by atoms with E-state index in [-0.39, 0.29) is 0 Å². The minimum absolute atomic E-state index is 0.767. The van der Waals surface area contributed by atoms with Crippen LogP contribution in [0.2, 0.25) is 0 Å². The van der Waals surface area contributed by atoms with Gasteiger partial charge >= 0.3 is 0 Å². The third-order valence-electron chi connectivity index (χ3n) is 2.80. The van der Waals surface area contributed by atoms with Crippen molar-refractivity contribution in [2.45, 2.75) is 33.1 Å². The lowest BCUT2D eigenvalue weighted by atomic mass is 10.3. The van der Waals surface area contributed by atoms with E-state index in [2.05, 4.69) is 41.4 Å². The Balaban J connectivity index is 3.80. The van der Waals surface area contributed by atoms with Gasteiger partial charge in [-0.25, -0.2) is 0 Å². The van der Waals surface area contributed by atoms with E-state index in [4.69, 9.17) is 4.74 Å². The second-order valence-corrected chi connectivity index (χ2v) is 4.69. The van der Waals surface area contributed by atoms with Crippen molar-refractivity contribution in [2.24, 2.45) is 4.99 Å². The molecule has 0 rings (SSSR count). The maximum Gasteiger partial charge on any atom is 0.191 e. The molecule has 0 aromatic carbocycles. The fourth-order valence-corrected chi connectivity index (χ4v) is 1.65. The number of nitrogens with one attached hydrogen (secondary N) is 2. The van der Waals surface area contributed by atoms with Crippen LogP contribution in [0.25, 0.3) is 0 Å². The van der Waals surface area contributed by atoms with E-state index in [1.54, 1.807) is 7.11 Å². The summed E-state index contributed by atoms with van der Waals surface area (Å²) in [7, 11) is 3.89. The molecule has 0 saturated carbocycles. The van der Waals surface area contributed by atoms with E-state index in [1.165, 1.54) is 19.4 Å². The maximum absolute atomic E-state index is 5.02. The lowest BCUT2D eigenvalue weighted by Crippen LogP contribution is -2.41. The van der Waals surface area contributed by atoms with Crippen LogP contribution in [-0.4, -0.2) is 64.3 Å². The van der Waals surface area contributed by atoms with Gasteiger partial charge in [0.2, 0.25) is 0 Å². The van der Waals surface area contributed by atoms with Crippen LogP contribution < -0.4 is 10.6 Å². The first-order valence-corrected chi connectivity index (χ1v) is 7.44. The molecule has 0 saturated heterocycles. The molecule has 2 N–H and O–H groups in total. The Bertz CT molecular complexity index is 221. The van der Waals surface area contributed by atoms with Crippen molar-refractivity contribution >= 4 is 5.96 Å². The molecule has 0 aromatic heterocycles. The minimum atomic E-state index is 0.767. The number of unbranched alkanes of at least 4 members (excludes halogenated alkanes) is 1. The molecule has 0 unspecified atom stereocenters. The molecule has 0 spiro atoms. The van der Waals surface area contributed by atoms with Crippen LogP contribution in [0, 0.1) is 0 Å². The molecule has 0 aromatic rings. The third-order valence-corrected chi connectivity index (χ3v) is 2.80. The predicted molar refractivity (Wildman–Crippen MR) is 82.9 cm³/mol. The SMILES string of the molecule is CCCCN(C)CCNC(=NCCCOC)NCC. The van der Waals surface area contributed by atoms with Crippen molar-refractivity contribution < 1.29 is 4.74 Å². The highest BCUT2D eigenvalue weighted by Crippen LogP contribution is 1.90. The Morgan fingerprint density at radius 1 is 1.16 bits per heavy atom. The summed E-state index contributed by atoms with van der Waals surface area (Å²) < 4.78 is 5.02. The lowest BCUT2D eigenvalue weighted by molar-refractivity contribution is 0.197. The smallest absolute Gasteiger partial charge is 0.191 e. The van der Waals surface area contributed by atoms with Crippen LogP contribution in [0.15, 0.2) is 4.99 Å². The van der Waals surface area contributed by atoms with E-state index in [1.807, 2.05) is 0 Å². The van der Waals surface area contributed by atoms with Crippen LogP contribution in [0.4, 0.5) is 0 Å². The van der Waals surface area contributed by atoms with Gasteiger partial charge in [-0.3, -0.25) is 4.99 Å². The van der Waals surface area contributed by atoms with Crippen molar-refractivity contribution in [3.63, 3.8) is 0 Å². The maximum atomic E-state index is 5.02. The summed E-state index contributed by atoms with van der Waals surface area (Å²) in [5.74, 6) is 0.905. The zero-order valence-electron chi connectivity index (χ0n) is 13.2. The van der Waals surface area contributed by atoms with Crippen molar-refractivity contribution in [1.82, 2.24) is 15.5 Å². The summed E-state index contributed by atoms with van der Waals surface area (Å²) in [6, 6.07) is 0. The normalized spacial score (nSPS) is 11.9. The highest BCUT2D eigenvalue weighted by atomic mass is 16.5. The van der Waals surface area contributed by atoms with E-state index in [9.17, 15) is 0 Å². The molecule has 0 aliphatic carbocycles. The van der Waals surface area contributed by atoms with Crippen LogP contribution >= 0.6 is 0 Å². The fourth-order valence-electron chi connectivity index (χ4n) is 1.65. The fraction of sp³-hybridized carbons (Fsp3) is 0.929. The van der Waals surface area contributed by atoms with Gasteiger partial charge < -0.3 is 20.3 Å². The monoisotopic (exact) mass is 272 g/mol. The third kappa shape index (κ3) is 12.0. The van der Waals surface area contributed by atoms with Gasteiger partial charge in [0.25, 0.3) is 0 Å². The number of rotatable bonds is 11. The molecule has 0 fully saturated rings. The summed E-state index contributed by atoms with van der Waals surface area (Å²) in [6.45, 7) is 9.90. The van der Waals surface area contributed by atoms with Crippen LogP contribution in [0.5, 0.6) is 0 Å². The van der Waals surface area contributed by atoms with E-state index in [0.717, 1.165) is 45.2 Å². The molecule has 0 radical (unpaired) electrons. The Kier molecular flexibility index (Phi) is 13.0. The second-order valence-electron chi connectivity index (χ2n) is 4.69. The number of aliphatic imine (C=N–C) groups is 1. The van der Waals surface area contributed by atoms with Crippen molar-refractivity contribution in [2.75, 3.05) is 53.5 Å². The van der Waals surface area contributed by atoms with E-state index < -0.39 is 0 Å². The molecule has 0 bridgehead atoms. The van der Waals surface area contributed by atoms with Gasteiger partial charge in [0.15, 0.2) is 5.96 Å². The summed E-state index contributed by atoms with van der Waals surface area (Å²) in [5, 5.41) is 6.62. The molecular formula is C14H32N4O. The standard InChI is InChI=1S/C14H32N4O/c1-5-7-11-18(3)12-10-17-14(15-6-2)16-9-8-13-19-4/h5-13H2,1-4H3,(H2,15,16,17). The van der Waals surface area contributed by atoms with E-state index >= 15 is 0 Å². The van der Waals surface area contributed by atoms with Crippen LogP contribution in [0.1, 0.15) is 33.1 Å². The Labute approximate surface area is 118 Å². The number of nitrogens with zero attached hydrogens (tertiary/aromatic N) is 2. The van der Waals surface area contributed by atoms with Crippen molar-refractivity contribution in [3.05, 3.63) is 0 Å². The molecule has 0 aliphatic heterocycles. The first kappa shape index (κ1) is 18.2. The quantitative estimate of drug-likeness (QED) is 0.338. The Morgan fingerprint density at radius 2 is 1.95 bits per heavy atom. The molecular weight excluding hydrogens is 240 g/mol. The lowest BCUT2D eigenvalue weighted by Gasteiger charge is -2.17. The Morgan fingerprint density at radius 3 is 2.58 bits per heavy atom. The largest absolute Gasteiger partial charge is 0.385 e. The van der Waals surface area contributed by atoms with Crippen LogP contribution in [0.3, 0.4) is 0 Å². The number of likely N-dealkylation sites (N-methyl/N-ethyl adjacent to an activating group) is 1. The molecule has 0 aliphatic rings. The van der Waals surface area contributed by atoms with Crippen LogP contribution in [-0.2, 0) is 4.74 Å². The number of ether oxygens (including phenoxy) is 1. The summed E-state index contributed by atoms with van der Waals surface area (Å²) >= 11 is 0. The summed E-state index contributed by atoms with van der Waals surface area (Å²) in [5.41, 5.74) is 0. The highest BCUT2D eigenvalue weighted by Gasteiger charge is 1.99. The molecule has 5 nitrogen and oxygen atoms in total. The van der Waals surface area contributed by atoms with Crippen molar-refractivity contribution in [3.8, 4) is 0 Å². The van der Waals surface area contributed by atoms with Gasteiger partial charge in [-0.2, -0.15) is 0 Å². The number of guanidine groups is 1. The average molecular weight is 272 g/mol. The molecule has 0 heterocycles. The first-order valence-electron chi connectivity index (χ1n) is 7.44. The Hall–Kier alpha value is -0.810. The van der Waals surface area contributed by atoms with Gasteiger partial charge in [0.05, 0.1) is 0 Å². The summed E-state index contributed by atoms with van der Waals surface area (Å²) in [4.78, 5) is 6.86. The predicted octanol–water partition coefficient (Wildman–Crippen LogP) is 1.31. The van der Waals surface area contributed by atoms with E-state index in [0.29, 0.717) is 0 Å². The van der Waals surface area contributed by atoms with Gasteiger partial charge in [0, 0.05) is 39.9 Å². The molecule has 114 valence electrons. The number of hydrogen-bond acceptors (Lipinski definition) is 3. The topological polar surface area (TPSA) is 48.9 Å². The minimum Gasteiger partial charge on any atom is -0.385 e. The first-order chi connectivity index (χ1) is 9.24. The second kappa shape index (κ2) is 13.6. The van der Waals surface area contributed by atoms with Gasteiger partial charge in [0.1, 0.15) is 0 Å². The molecule has 5 heteroatoms. The van der Waals surface area contributed by atoms with Gasteiger partial charge in [-0.15, -0.1) is 0 Å². The number of hydrogen-bond donors (Lipinski definition) is 2. The summed E-state index contributed by atoms with van der Waals surface area (Å²) in [6.07, 6.45) is 3.48. The highest BCUT2D eigenvalue weighted by molar-refractivity contribution is 5.79. The van der Waals surface area contributed by atoms with Gasteiger partial charge in [-0.05, 0) is 33.4 Å². The molecule has 0 atom stereocenters. The van der Waals surface area contributed by atoms with Crippen molar-refractivity contribution in [1.29, 1.82) is 0 Å². The zero-order chi connectivity index (χ0) is 14.3. The molecule has 19 heavy (non-hydrogen) atoms. The zero-order valence-corrected chi connectivity index (χ0v) is 13.2. The van der Waals surface area contributed by atoms with Gasteiger partial charge in [-0.1, -0.05) is 13.3 Å². The number of methoxy groups -OCH3 is 1. The average Bonchev–Trinajstić information content (AvgIpc) is 2.41. The molecule has 0 amide bonds.